The van der Waals surface area contributed by atoms with Gasteiger partial charge in [-0.3, -0.25) is 10.4 Å². The van der Waals surface area contributed by atoms with Crippen LogP contribution in [0.4, 0.5) is 5.69 Å². The molecule has 0 bridgehead atoms. The highest BCUT2D eigenvalue weighted by Gasteiger charge is 2.04. The first kappa shape index (κ1) is 13.4. The van der Waals surface area contributed by atoms with Crippen molar-refractivity contribution in [3.63, 3.8) is 0 Å². The van der Waals surface area contributed by atoms with Crippen LogP contribution in [0.3, 0.4) is 0 Å². The molecule has 3 N–H and O–H groups in total. The lowest BCUT2D eigenvalue weighted by Gasteiger charge is -2.20. The van der Waals surface area contributed by atoms with Crippen LogP contribution in [0.2, 0.25) is 0 Å². The van der Waals surface area contributed by atoms with E-state index in [9.17, 15) is 0 Å². The SMILES string of the molecule is CN(C)CCCN(C)c1ccnc(C(=N)N)c1. The maximum absolute atomic E-state index is 7.36. The molecule has 5 nitrogen and oxygen atoms in total. The number of nitrogens with zero attached hydrogens (tertiary/aromatic N) is 3. The molecule has 0 aliphatic heterocycles. The quantitative estimate of drug-likeness (QED) is 0.564. The molecule has 0 atom stereocenters. The molecule has 1 aromatic rings. The van der Waals surface area contributed by atoms with E-state index in [0.29, 0.717) is 5.69 Å². The topological polar surface area (TPSA) is 69.2 Å². The van der Waals surface area contributed by atoms with Gasteiger partial charge in [-0.2, -0.15) is 0 Å². The van der Waals surface area contributed by atoms with Crippen molar-refractivity contribution in [2.24, 2.45) is 5.73 Å². The number of nitrogen functional groups attached to an aromatic ring is 1. The Morgan fingerprint density at radius 1 is 1.35 bits per heavy atom. The van der Waals surface area contributed by atoms with E-state index in [4.69, 9.17) is 11.1 Å². The van der Waals surface area contributed by atoms with Crippen LogP contribution in [-0.2, 0) is 0 Å². The van der Waals surface area contributed by atoms with E-state index < -0.39 is 0 Å². The Bertz CT molecular complexity index is 375. The smallest absolute Gasteiger partial charge is 0.141 e. The zero-order valence-corrected chi connectivity index (χ0v) is 10.8. The van der Waals surface area contributed by atoms with E-state index >= 15 is 0 Å². The molecule has 0 radical (unpaired) electrons. The predicted octanol–water partition coefficient (Wildman–Crippen LogP) is 0.754. The molecule has 1 heterocycles. The molecular formula is C12H21N5. The second-order valence-electron chi connectivity index (χ2n) is 4.39. The van der Waals surface area contributed by atoms with Gasteiger partial charge in [0.15, 0.2) is 0 Å². The number of hydrogen-bond donors (Lipinski definition) is 2. The second kappa shape index (κ2) is 6.20. The van der Waals surface area contributed by atoms with Crippen LogP contribution < -0.4 is 10.6 Å². The summed E-state index contributed by atoms with van der Waals surface area (Å²) in [5.74, 6) is 0.00791. The lowest BCUT2D eigenvalue weighted by molar-refractivity contribution is 0.401. The molecule has 1 aromatic heterocycles. The average molecular weight is 235 g/mol. The zero-order chi connectivity index (χ0) is 12.8. The van der Waals surface area contributed by atoms with Gasteiger partial charge in [0.1, 0.15) is 11.5 Å². The summed E-state index contributed by atoms with van der Waals surface area (Å²) >= 11 is 0. The van der Waals surface area contributed by atoms with Gasteiger partial charge in [-0.25, -0.2) is 0 Å². The van der Waals surface area contributed by atoms with Crippen LogP contribution in [0.15, 0.2) is 18.3 Å². The normalized spacial score (nSPS) is 10.6. The Kier molecular flexibility index (Phi) is 4.90. The number of hydrogen-bond acceptors (Lipinski definition) is 4. The largest absolute Gasteiger partial charge is 0.382 e. The third-order valence-electron chi connectivity index (χ3n) is 2.56. The number of anilines is 1. The Labute approximate surface area is 103 Å². The second-order valence-corrected chi connectivity index (χ2v) is 4.39. The Balaban J connectivity index is 2.59. The van der Waals surface area contributed by atoms with Gasteiger partial charge in [0, 0.05) is 25.5 Å². The van der Waals surface area contributed by atoms with Crippen LogP contribution in [0.25, 0.3) is 0 Å². The predicted molar refractivity (Wildman–Crippen MR) is 71.7 cm³/mol. The fourth-order valence-corrected chi connectivity index (χ4v) is 1.56. The average Bonchev–Trinajstić information content (AvgIpc) is 2.28. The molecular weight excluding hydrogens is 214 g/mol. The molecule has 0 aromatic carbocycles. The van der Waals surface area contributed by atoms with Crippen LogP contribution in [0.1, 0.15) is 12.1 Å². The van der Waals surface area contributed by atoms with Crippen molar-refractivity contribution in [1.29, 1.82) is 5.41 Å². The van der Waals surface area contributed by atoms with E-state index in [1.165, 1.54) is 0 Å². The molecule has 0 saturated heterocycles. The molecule has 1 rings (SSSR count). The number of pyridine rings is 1. The number of aromatic nitrogens is 1. The van der Waals surface area contributed by atoms with E-state index in [2.05, 4.69) is 28.9 Å². The van der Waals surface area contributed by atoms with Crippen molar-refractivity contribution in [2.45, 2.75) is 6.42 Å². The van der Waals surface area contributed by atoms with Crippen LogP contribution in [0.5, 0.6) is 0 Å². The molecule has 0 saturated carbocycles. The van der Waals surface area contributed by atoms with Crippen molar-refractivity contribution < 1.29 is 0 Å². The minimum atomic E-state index is 0.00791. The molecule has 0 spiro atoms. The van der Waals surface area contributed by atoms with Crippen molar-refractivity contribution >= 4 is 11.5 Å². The fraction of sp³-hybridized carbons (Fsp3) is 0.500. The highest BCUT2D eigenvalue weighted by molar-refractivity contribution is 5.93. The monoisotopic (exact) mass is 235 g/mol. The summed E-state index contributed by atoms with van der Waals surface area (Å²) in [7, 11) is 6.18. The van der Waals surface area contributed by atoms with Gasteiger partial charge < -0.3 is 15.5 Å². The van der Waals surface area contributed by atoms with E-state index in [-0.39, 0.29) is 5.84 Å². The van der Waals surface area contributed by atoms with Crippen molar-refractivity contribution in [3.05, 3.63) is 24.0 Å². The minimum Gasteiger partial charge on any atom is -0.382 e. The summed E-state index contributed by atoms with van der Waals surface area (Å²) in [6.45, 7) is 2.04. The number of amidine groups is 1. The lowest BCUT2D eigenvalue weighted by Crippen LogP contribution is -2.24. The molecule has 0 aliphatic rings. The maximum atomic E-state index is 7.36. The first-order valence-corrected chi connectivity index (χ1v) is 5.67. The van der Waals surface area contributed by atoms with Gasteiger partial charge in [-0.1, -0.05) is 0 Å². The molecule has 94 valence electrons. The Hall–Kier alpha value is -1.62. The molecule has 0 aliphatic carbocycles. The zero-order valence-electron chi connectivity index (χ0n) is 10.8. The summed E-state index contributed by atoms with van der Waals surface area (Å²) in [5, 5.41) is 7.36. The summed E-state index contributed by atoms with van der Waals surface area (Å²) in [6, 6.07) is 3.78. The van der Waals surface area contributed by atoms with Gasteiger partial charge in [0.2, 0.25) is 0 Å². The molecule has 17 heavy (non-hydrogen) atoms. The van der Waals surface area contributed by atoms with Crippen molar-refractivity contribution in [3.8, 4) is 0 Å². The fourth-order valence-electron chi connectivity index (χ4n) is 1.56. The molecule has 0 fully saturated rings. The summed E-state index contributed by atoms with van der Waals surface area (Å²) in [6.07, 6.45) is 2.79. The third-order valence-corrected chi connectivity index (χ3v) is 2.56. The maximum Gasteiger partial charge on any atom is 0.141 e. The van der Waals surface area contributed by atoms with Crippen molar-refractivity contribution in [1.82, 2.24) is 9.88 Å². The van der Waals surface area contributed by atoms with Gasteiger partial charge in [-0.05, 0) is 39.2 Å². The van der Waals surface area contributed by atoms with Crippen molar-refractivity contribution in [2.75, 3.05) is 39.1 Å². The minimum absolute atomic E-state index is 0.00791. The Morgan fingerprint density at radius 2 is 2.06 bits per heavy atom. The van der Waals surface area contributed by atoms with E-state index in [1.54, 1.807) is 6.20 Å². The molecule has 0 unspecified atom stereocenters. The van der Waals surface area contributed by atoms with E-state index in [0.717, 1.165) is 25.2 Å². The van der Waals surface area contributed by atoms with Gasteiger partial charge in [0.05, 0.1) is 0 Å². The lowest BCUT2D eigenvalue weighted by atomic mass is 10.2. The van der Waals surface area contributed by atoms with Crippen LogP contribution in [-0.4, -0.2) is 50.0 Å². The standard InChI is InChI=1S/C12H21N5/c1-16(2)7-4-8-17(3)10-5-6-15-11(9-10)12(13)14/h5-6,9H,4,7-8H2,1-3H3,(H3,13,14). The first-order chi connectivity index (χ1) is 8.00. The van der Waals surface area contributed by atoms with Crippen LogP contribution >= 0.6 is 0 Å². The van der Waals surface area contributed by atoms with E-state index in [1.807, 2.05) is 19.2 Å². The first-order valence-electron chi connectivity index (χ1n) is 5.67. The highest BCUT2D eigenvalue weighted by Crippen LogP contribution is 2.12. The highest BCUT2D eigenvalue weighted by atomic mass is 15.1. The van der Waals surface area contributed by atoms with Gasteiger partial charge in [0.25, 0.3) is 0 Å². The third kappa shape index (κ3) is 4.40. The number of rotatable bonds is 6. The Morgan fingerprint density at radius 3 is 2.65 bits per heavy atom. The van der Waals surface area contributed by atoms with Gasteiger partial charge in [-0.15, -0.1) is 0 Å². The number of nitrogens with one attached hydrogen (secondary N) is 1. The summed E-state index contributed by atoms with van der Waals surface area (Å²) in [4.78, 5) is 8.36. The number of nitrogens with two attached hydrogens (primary N) is 1. The van der Waals surface area contributed by atoms with Crippen LogP contribution in [0, 0.1) is 5.41 Å². The van der Waals surface area contributed by atoms with Gasteiger partial charge >= 0.3 is 0 Å². The summed E-state index contributed by atoms with van der Waals surface area (Å²) in [5.41, 5.74) is 6.99. The molecule has 5 heteroatoms. The molecule has 0 amide bonds. The summed E-state index contributed by atoms with van der Waals surface area (Å²) < 4.78 is 0.